The second-order valence-electron chi connectivity index (χ2n) is 6.03. The lowest BCUT2D eigenvalue weighted by Gasteiger charge is -2.09. The van der Waals surface area contributed by atoms with Gasteiger partial charge in [-0.05, 0) is 37.8 Å². The van der Waals surface area contributed by atoms with Crippen LogP contribution in [0.15, 0.2) is 34.4 Å². The van der Waals surface area contributed by atoms with E-state index >= 15 is 0 Å². The molecule has 0 atom stereocenters. The van der Waals surface area contributed by atoms with Crippen molar-refractivity contribution >= 4 is 17.2 Å². The van der Waals surface area contributed by atoms with Crippen molar-refractivity contribution in [1.29, 1.82) is 0 Å². The Morgan fingerprint density at radius 1 is 1.24 bits per heavy atom. The molecule has 0 fully saturated rings. The number of rotatable bonds is 5. The first-order valence-electron chi connectivity index (χ1n) is 8.41. The van der Waals surface area contributed by atoms with Gasteiger partial charge in [-0.25, -0.2) is 4.98 Å². The van der Waals surface area contributed by atoms with Gasteiger partial charge in [0.1, 0.15) is 5.01 Å². The van der Waals surface area contributed by atoms with Gasteiger partial charge in [0.05, 0.1) is 11.4 Å². The molecule has 0 unspecified atom stereocenters. The molecule has 4 rings (SSSR count). The van der Waals surface area contributed by atoms with Crippen LogP contribution in [0.5, 0.6) is 0 Å². The summed E-state index contributed by atoms with van der Waals surface area (Å²) in [6.07, 6.45) is 8.19. The normalized spacial score (nSPS) is 13.4. The third-order valence-electron chi connectivity index (χ3n) is 4.31. The molecule has 25 heavy (non-hydrogen) atoms. The van der Waals surface area contributed by atoms with Gasteiger partial charge in [0.2, 0.25) is 5.76 Å². The SMILES string of the molecule is O=C(NCCc1csc(-c2ccncc2)n1)c1onc2c1CCCC2. The summed E-state index contributed by atoms with van der Waals surface area (Å²) >= 11 is 1.60. The highest BCUT2D eigenvalue weighted by Crippen LogP contribution is 2.24. The largest absolute Gasteiger partial charge is 0.350 e. The molecule has 1 aliphatic carbocycles. The van der Waals surface area contributed by atoms with Crippen LogP contribution in [-0.2, 0) is 19.3 Å². The highest BCUT2D eigenvalue weighted by atomic mass is 32.1. The number of hydrogen-bond donors (Lipinski definition) is 1. The lowest BCUT2D eigenvalue weighted by atomic mass is 9.96. The Morgan fingerprint density at radius 3 is 2.96 bits per heavy atom. The fourth-order valence-electron chi connectivity index (χ4n) is 3.00. The molecule has 1 N–H and O–H groups in total. The first kappa shape index (κ1) is 16.0. The maximum atomic E-state index is 12.3. The predicted molar refractivity (Wildman–Crippen MR) is 94.5 cm³/mol. The molecule has 0 bridgehead atoms. The topological polar surface area (TPSA) is 80.9 Å². The Bertz CT molecular complexity index is 872. The minimum atomic E-state index is -0.180. The fourth-order valence-corrected chi connectivity index (χ4v) is 3.86. The number of aryl methyl sites for hydroxylation is 1. The number of thiazole rings is 1. The molecule has 0 spiro atoms. The second kappa shape index (κ2) is 7.14. The van der Waals surface area contributed by atoms with E-state index in [2.05, 4.69) is 20.4 Å². The molecule has 0 aliphatic heterocycles. The summed E-state index contributed by atoms with van der Waals surface area (Å²) in [4.78, 5) is 21.0. The van der Waals surface area contributed by atoms with Crippen LogP contribution in [0.1, 0.15) is 40.3 Å². The van der Waals surface area contributed by atoms with Crippen molar-refractivity contribution in [3.05, 3.63) is 52.6 Å². The van der Waals surface area contributed by atoms with E-state index in [0.29, 0.717) is 18.7 Å². The van der Waals surface area contributed by atoms with Crippen molar-refractivity contribution in [3.8, 4) is 10.6 Å². The molecular weight excluding hydrogens is 336 g/mol. The van der Waals surface area contributed by atoms with E-state index in [-0.39, 0.29) is 5.91 Å². The van der Waals surface area contributed by atoms with Crippen LogP contribution >= 0.6 is 11.3 Å². The Kier molecular flexibility index (Phi) is 4.56. The molecule has 0 saturated carbocycles. The number of carbonyl (C=O) groups excluding carboxylic acids is 1. The number of fused-ring (bicyclic) bond motifs is 1. The van der Waals surface area contributed by atoms with Crippen LogP contribution < -0.4 is 5.32 Å². The quantitative estimate of drug-likeness (QED) is 0.762. The molecule has 7 heteroatoms. The third kappa shape index (κ3) is 3.46. The standard InChI is InChI=1S/C18H18N4O2S/c23-17(16-14-3-1-2-4-15(14)22-24-16)20-10-7-13-11-25-18(21-13)12-5-8-19-9-6-12/h5-6,8-9,11H,1-4,7,10H2,(H,20,23). The molecule has 128 valence electrons. The first-order valence-corrected chi connectivity index (χ1v) is 9.29. The molecule has 0 aromatic carbocycles. The number of nitrogens with zero attached hydrogens (tertiary/aromatic N) is 3. The summed E-state index contributed by atoms with van der Waals surface area (Å²) < 4.78 is 5.26. The number of nitrogens with one attached hydrogen (secondary N) is 1. The Morgan fingerprint density at radius 2 is 2.08 bits per heavy atom. The summed E-state index contributed by atoms with van der Waals surface area (Å²) in [7, 11) is 0. The fraction of sp³-hybridized carbons (Fsp3) is 0.333. The highest BCUT2D eigenvalue weighted by molar-refractivity contribution is 7.13. The second-order valence-corrected chi connectivity index (χ2v) is 6.89. The zero-order chi connectivity index (χ0) is 17.1. The minimum Gasteiger partial charge on any atom is -0.350 e. The average molecular weight is 354 g/mol. The van der Waals surface area contributed by atoms with Gasteiger partial charge >= 0.3 is 0 Å². The minimum absolute atomic E-state index is 0.180. The molecule has 3 heterocycles. The Balaban J connectivity index is 1.34. The van der Waals surface area contributed by atoms with Crippen LogP contribution in [0.4, 0.5) is 0 Å². The molecule has 3 aromatic rings. The van der Waals surface area contributed by atoms with Gasteiger partial charge in [0.15, 0.2) is 0 Å². The molecular formula is C18H18N4O2S. The molecule has 0 saturated heterocycles. The Labute approximate surface area is 149 Å². The van der Waals surface area contributed by atoms with Crippen LogP contribution in [0.25, 0.3) is 10.6 Å². The van der Waals surface area contributed by atoms with Crippen LogP contribution in [0.3, 0.4) is 0 Å². The summed E-state index contributed by atoms with van der Waals surface area (Å²) in [5, 5.41) is 9.94. The Hall–Kier alpha value is -2.54. The van der Waals surface area contributed by atoms with E-state index in [1.54, 1.807) is 23.7 Å². The smallest absolute Gasteiger partial charge is 0.290 e. The lowest BCUT2D eigenvalue weighted by Crippen LogP contribution is -2.26. The average Bonchev–Trinajstić information content (AvgIpc) is 3.29. The van der Waals surface area contributed by atoms with E-state index in [1.807, 2.05) is 17.5 Å². The van der Waals surface area contributed by atoms with Crippen molar-refractivity contribution in [3.63, 3.8) is 0 Å². The van der Waals surface area contributed by atoms with Gasteiger partial charge in [-0.3, -0.25) is 9.78 Å². The van der Waals surface area contributed by atoms with E-state index < -0.39 is 0 Å². The van der Waals surface area contributed by atoms with Crippen molar-refractivity contribution in [2.75, 3.05) is 6.54 Å². The number of hydrogen-bond acceptors (Lipinski definition) is 6. The van der Waals surface area contributed by atoms with Crippen LogP contribution in [0, 0.1) is 0 Å². The summed E-state index contributed by atoms with van der Waals surface area (Å²) in [5.74, 6) is 0.200. The third-order valence-corrected chi connectivity index (χ3v) is 5.25. The number of amides is 1. The van der Waals surface area contributed by atoms with Gasteiger partial charge < -0.3 is 9.84 Å². The number of pyridine rings is 1. The molecule has 6 nitrogen and oxygen atoms in total. The zero-order valence-corrected chi connectivity index (χ0v) is 14.5. The van der Waals surface area contributed by atoms with E-state index in [0.717, 1.165) is 53.2 Å². The summed E-state index contributed by atoms with van der Waals surface area (Å²) in [6.45, 7) is 0.522. The zero-order valence-electron chi connectivity index (χ0n) is 13.7. The maximum absolute atomic E-state index is 12.3. The predicted octanol–water partition coefficient (Wildman–Crippen LogP) is 3.04. The molecule has 1 amide bonds. The van der Waals surface area contributed by atoms with Gasteiger partial charge in [0, 0.05) is 41.9 Å². The van der Waals surface area contributed by atoms with Crippen molar-refractivity contribution < 1.29 is 9.32 Å². The molecule has 1 aliphatic rings. The first-order chi connectivity index (χ1) is 12.3. The highest BCUT2D eigenvalue weighted by Gasteiger charge is 2.23. The van der Waals surface area contributed by atoms with Crippen molar-refractivity contribution in [2.24, 2.45) is 0 Å². The molecule has 0 radical (unpaired) electrons. The van der Waals surface area contributed by atoms with E-state index in [9.17, 15) is 4.79 Å². The number of carbonyl (C=O) groups is 1. The lowest BCUT2D eigenvalue weighted by molar-refractivity contribution is 0.0916. The monoisotopic (exact) mass is 354 g/mol. The van der Waals surface area contributed by atoms with Crippen molar-refractivity contribution in [1.82, 2.24) is 20.4 Å². The summed E-state index contributed by atoms with van der Waals surface area (Å²) in [5.41, 5.74) is 3.95. The van der Waals surface area contributed by atoms with E-state index in [4.69, 9.17) is 4.52 Å². The van der Waals surface area contributed by atoms with Gasteiger partial charge in [-0.1, -0.05) is 5.16 Å². The number of aromatic nitrogens is 3. The summed E-state index contributed by atoms with van der Waals surface area (Å²) in [6, 6.07) is 3.88. The van der Waals surface area contributed by atoms with Crippen molar-refractivity contribution in [2.45, 2.75) is 32.1 Å². The van der Waals surface area contributed by atoms with E-state index in [1.165, 1.54) is 0 Å². The molecule has 3 aromatic heterocycles. The maximum Gasteiger partial charge on any atom is 0.290 e. The van der Waals surface area contributed by atoms with Gasteiger partial charge in [-0.15, -0.1) is 11.3 Å². The van der Waals surface area contributed by atoms with Gasteiger partial charge in [-0.2, -0.15) is 0 Å². The van der Waals surface area contributed by atoms with Crippen LogP contribution in [-0.4, -0.2) is 27.6 Å². The van der Waals surface area contributed by atoms with Gasteiger partial charge in [0.25, 0.3) is 5.91 Å². The van der Waals surface area contributed by atoms with Crippen LogP contribution in [0.2, 0.25) is 0 Å².